The Bertz CT molecular complexity index is 1100. The molecule has 4 aromatic carbocycles. The number of benzene rings is 4. The predicted molar refractivity (Wildman–Crippen MR) is 129 cm³/mol. The van der Waals surface area contributed by atoms with Gasteiger partial charge in [0, 0.05) is 0 Å². The van der Waals surface area contributed by atoms with Crippen molar-refractivity contribution < 1.29 is 19.3 Å². The van der Waals surface area contributed by atoms with Gasteiger partial charge in [0.05, 0.1) is 27.4 Å². The molecule has 33 heavy (non-hydrogen) atoms. The van der Waals surface area contributed by atoms with E-state index in [0.717, 1.165) is 39.3 Å². The van der Waals surface area contributed by atoms with Crippen LogP contribution in [0.25, 0.3) is 0 Å². The molecule has 0 bridgehead atoms. The quantitative estimate of drug-likeness (QED) is 0.339. The maximum absolute atomic E-state index is 9.56. The summed E-state index contributed by atoms with van der Waals surface area (Å²) in [4.78, 5) is 0. The molecular weight excluding hydrogens is 412 g/mol. The van der Waals surface area contributed by atoms with Gasteiger partial charge in [0.25, 0.3) is 0 Å². The molecule has 0 fully saturated rings. The first-order valence-corrected chi connectivity index (χ1v) is 10.9. The third kappa shape index (κ3) is 4.77. The Morgan fingerprint density at radius 3 is 1.64 bits per heavy atom. The predicted octanol–water partition coefficient (Wildman–Crippen LogP) is 5.70. The van der Waals surface area contributed by atoms with Gasteiger partial charge in [0.1, 0.15) is 17.1 Å². The van der Waals surface area contributed by atoms with Crippen LogP contribution in [0, 0.1) is 0 Å². The van der Waals surface area contributed by atoms with E-state index < -0.39 is 5.60 Å². The largest absolute Gasteiger partial charge is 0.497 e. The Hall–Kier alpha value is -3.60. The Labute approximate surface area is 195 Å². The number of hydrogen-bond acceptors (Lipinski definition) is 4. The van der Waals surface area contributed by atoms with Crippen molar-refractivity contribution in [2.45, 2.75) is 18.8 Å². The molecule has 0 saturated heterocycles. The van der Waals surface area contributed by atoms with E-state index in [9.17, 15) is 5.11 Å². The van der Waals surface area contributed by atoms with Crippen LogP contribution in [0.3, 0.4) is 0 Å². The van der Waals surface area contributed by atoms with Crippen molar-refractivity contribution in [2.75, 3.05) is 14.2 Å². The lowest BCUT2D eigenvalue weighted by molar-refractivity contribution is 0.000143. The summed E-state index contributed by atoms with van der Waals surface area (Å²) in [6, 6.07) is 34.0. The molecule has 4 aromatic rings. The average Bonchev–Trinajstić information content (AvgIpc) is 2.90. The van der Waals surface area contributed by atoms with Gasteiger partial charge in [-0.3, -0.25) is 0 Å². The second-order valence-electron chi connectivity index (χ2n) is 7.77. The fourth-order valence-corrected chi connectivity index (χ4v) is 4.08. The van der Waals surface area contributed by atoms with Gasteiger partial charge in [-0.1, -0.05) is 78.9 Å². The number of aliphatic hydroxyl groups excluding tert-OH is 1. The van der Waals surface area contributed by atoms with Crippen LogP contribution in [0.4, 0.5) is 0 Å². The van der Waals surface area contributed by atoms with Gasteiger partial charge in [-0.05, 0) is 52.1 Å². The van der Waals surface area contributed by atoms with Gasteiger partial charge in [0.2, 0.25) is 0 Å². The van der Waals surface area contributed by atoms with Crippen LogP contribution >= 0.6 is 0 Å². The maximum Gasteiger partial charge on any atom is 0.144 e. The minimum atomic E-state index is -0.866. The van der Waals surface area contributed by atoms with Crippen LogP contribution in [0.15, 0.2) is 103 Å². The van der Waals surface area contributed by atoms with E-state index in [1.807, 2.05) is 91.0 Å². The van der Waals surface area contributed by atoms with Gasteiger partial charge in [-0.15, -0.1) is 0 Å². The molecule has 1 N–H and O–H groups in total. The van der Waals surface area contributed by atoms with Crippen LogP contribution < -0.4 is 9.47 Å². The molecule has 4 nitrogen and oxygen atoms in total. The number of methoxy groups -OCH3 is 2. The fraction of sp³-hybridized carbons (Fsp3) is 0.172. The Morgan fingerprint density at radius 2 is 1.12 bits per heavy atom. The Kier molecular flexibility index (Phi) is 7.08. The second-order valence-corrected chi connectivity index (χ2v) is 7.77. The lowest BCUT2D eigenvalue weighted by Gasteiger charge is -2.36. The van der Waals surface area contributed by atoms with E-state index in [1.54, 1.807) is 14.2 Å². The highest BCUT2D eigenvalue weighted by molar-refractivity contribution is 5.49. The molecule has 0 aliphatic carbocycles. The van der Waals surface area contributed by atoms with Gasteiger partial charge >= 0.3 is 0 Å². The van der Waals surface area contributed by atoms with E-state index in [0.29, 0.717) is 6.61 Å². The molecule has 0 aliphatic rings. The number of rotatable bonds is 9. The second kappa shape index (κ2) is 10.3. The van der Waals surface area contributed by atoms with E-state index in [-0.39, 0.29) is 6.61 Å². The highest BCUT2D eigenvalue weighted by Gasteiger charge is 2.37. The average molecular weight is 441 g/mol. The van der Waals surface area contributed by atoms with Crippen molar-refractivity contribution in [3.63, 3.8) is 0 Å². The normalized spacial score (nSPS) is 11.2. The molecule has 0 aromatic heterocycles. The molecule has 0 spiro atoms. The summed E-state index contributed by atoms with van der Waals surface area (Å²) in [6.45, 7) is 0.357. The molecule has 0 radical (unpaired) electrons. The maximum atomic E-state index is 9.56. The van der Waals surface area contributed by atoms with E-state index in [4.69, 9.17) is 14.2 Å². The molecule has 0 unspecified atom stereocenters. The summed E-state index contributed by atoms with van der Waals surface area (Å²) in [5, 5.41) is 9.56. The smallest absolute Gasteiger partial charge is 0.144 e. The lowest BCUT2D eigenvalue weighted by Crippen LogP contribution is -2.32. The van der Waals surface area contributed by atoms with E-state index >= 15 is 0 Å². The van der Waals surface area contributed by atoms with Gasteiger partial charge in [-0.25, -0.2) is 0 Å². The van der Waals surface area contributed by atoms with E-state index in [2.05, 4.69) is 12.1 Å². The fourth-order valence-electron chi connectivity index (χ4n) is 4.08. The van der Waals surface area contributed by atoms with Crippen LogP contribution in [0.2, 0.25) is 0 Å². The van der Waals surface area contributed by atoms with Crippen molar-refractivity contribution in [1.82, 2.24) is 0 Å². The van der Waals surface area contributed by atoms with Gasteiger partial charge < -0.3 is 19.3 Å². The molecule has 168 valence electrons. The summed E-state index contributed by atoms with van der Waals surface area (Å²) in [6.07, 6.45) is 0. The third-order valence-corrected chi connectivity index (χ3v) is 5.80. The minimum absolute atomic E-state index is 0.00533. The number of ether oxygens (including phenoxy) is 3. The molecule has 0 atom stereocenters. The summed E-state index contributed by atoms with van der Waals surface area (Å²) in [7, 11) is 3.32. The van der Waals surface area contributed by atoms with Crippen LogP contribution in [0.1, 0.15) is 27.8 Å². The standard InChI is InChI=1S/C29H28O4/c1-31-27-15-11-25(12-16-27)29(24-9-4-3-5-10-24,26-13-17-28(32-2)18-14-26)33-21-23-8-6-7-22(19-23)20-30/h3-19,30H,20-21H2,1-2H3. The highest BCUT2D eigenvalue weighted by Crippen LogP contribution is 2.42. The molecule has 0 aliphatic heterocycles. The van der Waals surface area contributed by atoms with Crippen LogP contribution in [-0.2, 0) is 23.6 Å². The van der Waals surface area contributed by atoms with Crippen molar-refractivity contribution in [1.29, 1.82) is 0 Å². The van der Waals surface area contributed by atoms with Crippen LogP contribution in [0.5, 0.6) is 11.5 Å². The molecule has 4 rings (SSSR count). The summed E-state index contributed by atoms with van der Waals surface area (Å²) >= 11 is 0. The number of hydrogen-bond donors (Lipinski definition) is 1. The molecule has 0 amide bonds. The zero-order chi connectivity index (χ0) is 23.1. The zero-order valence-electron chi connectivity index (χ0n) is 18.9. The molecule has 0 saturated carbocycles. The topological polar surface area (TPSA) is 47.9 Å². The first-order chi connectivity index (χ1) is 16.2. The van der Waals surface area contributed by atoms with E-state index in [1.165, 1.54) is 0 Å². The third-order valence-electron chi connectivity index (χ3n) is 5.80. The van der Waals surface area contributed by atoms with Crippen molar-refractivity contribution >= 4 is 0 Å². The first-order valence-electron chi connectivity index (χ1n) is 10.9. The minimum Gasteiger partial charge on any atom is -0.497 e. The summed E-state index contributed by atoms with van der Waals surface area (Å²) in [5.41, 5.74) is 3.96. The first kappa shape index (κ1) is 22.6. The Morgan fingerprint density at radius 1 is 0.606 bits per heavy atom. The Balaban J connectivity index is 1.87. The van der Waals surface area contributed by atoms with Crippen molar-refractivity contribution in [3.8, 4) is 11.5 Å². The van der Waals surface area contributed by atoms with Crippen molar-refractivity contribution in [3.05, 3.63) is 131 Å². The molecular formula is C29H28O4. The van der Waals surface area contributed by atoms with Crippen molar-refractivity contribution in [2.24, 2.45) is 0 Å². The van der Waals surface area contributed by atoms with Gasteiger partial charge in [0.15, 0.2) is 0 Å². The van der Waals surface area contributed by atoms with Crippen LogP contribution in [-0.4, -0.2) is 19.3 Å². The molecule has 0 heterocycles. The lowest BCUT2D eigenvalue weighted by atomic mass is 9.80. The SMILES string of the molecule is COc1ccc(C(OCc2cccc(CO)c2)(c2ccccc2)c2ccc(OC)cc2)cc1. The summed E-state index contributed by atoms with van der Waals surface area (Å²) in [5.74, 6) is 1.57. The molecule has 4 heteroatoms. The summed E-state index contributed by atoms with van der Waals surface area (Å²) < 4.78 is 17.7. The van der Waals surface area contributed by atoms with Gasteiger partial charge in [-0.2, -0.15) is 0 Å². The number of aliphatic hydroxyl groups is 1. The monoisotopic (exact) mass is 440 g/mol. The highest BCUT2D eigenvalue weighted by atomic mass is 16.5. The zero-order valence-corrected chi connectivity index (χ0v) is 18.9.